The third kappa shape index (κ3) is 4.38. The number of nitrogens with one attached hydrogen (secondary N) is 1. The molecule has 0 saturated heterocycles. The second-order valence-electron chi connectivity index (χ2n) is 8.92. The Morgan fingerprint density at radius 2 is 1.78 bits per heavy atom. The lowest BCUT2D eigenvalue weighted by atomic mass is 9.63. The fourth-order valence-electron chi connectivity index (χ4n) is 4.94. The molecule has 11 heteroatoms. The Hall–Kier alpha value is -2.94. The van der Waals surface area contributed by atoms with Gasteiger partial charge in [-0.1, -0.05) is 51.0 Å². The highest BCUT2D eigenvalue weighted by atomic mass is 32.2. The summed E-state index contributed by atoms with van der Waals surface area (Å²) in [5, 5.41) is 14.1. The summed E-state index contributed by atoms with van der Waals surface area (Å²) in [6.45, 7) is 5.23. The fraction of sp³-hybridized carbons (Fsp3) is 0.360. The molecule has 2 aromatic carbocycles. The number of carbonyl (C=O) groups excluding carboxylic acids is 1. The maximum atomic E-state index is 14.1. The van der Waals surface area contributed by atoms with Gasteiger partial charge in [0.15, 0.2) is 11.6 Å². The van der Waals surface area contributed by atoms with E-state index in [4.69, 9.17) is 9.05 Å². The number of aliphatic hydroxyl groups excluding tert-OH is 1. The van der Waals surface area contributed by atoms with Crippen LogP contribution >= 0.6 is 7.60 Å². The molecule has 0 fully saturated rings. The van der Waals surface area contributed by atoms with Gasteiger partial charge in [-0.3, -0.25) is 4.79 Å². The maximum Gasteiger partial charge on any atom is 0.375 e. The van der Waals surface area contributed by atoms with Crippen molar-refractivity contribution in [2.75, 3.05) is 19.1 Å². The average Bonchev–Trinajstić information content (AvgIpc) is 2.83. The number of carbonyl (C=O) groups is 1. The van der Waals surface area contributed by atoms with E-state index in [0.29, 0.717) is 18.4 Å². The molecular formula is C25H29N2O7PS. The standard InChI is InChI=1S/C25H29N2O7PS/c1-5-13-25(14-6-2)18-10-8-7-9-17(18)22(28)21(23(25)29)24-26-19-12-11-16(34-35(4,30)33-3)15-20(19)36(31,32)27-24/h7-12,15,28H,5-6,13-14H2,1-4H3,(H,26,27). The maximum absolute atomic E-state index is 14.1. The van der Waals surface area contributed by atoms with Gasteiger partial charge in [-0.2, -0.15) is 8.42 Å². The van der Waals surface area contributed by atoms with Gasteiger partial charge < -0.3 is 19.5 Å². The molecule has 1 unspecified atom stereocenters. The molecular weight excluding hydrogens is 503 g/mol. The monoisotopic (exact) mass is 532 g/mol. The summed E-state index contributed by atoms with van der Waals surface area (Å²) in [6.07, 6.45) is 2.53. The average molecular weight is 533 g/mol. The van der Waals surface area contributed by atoms with Crippen LogP contribution in [0.1, 0.15) is 50.7 Å². The van der Waals surface area contributed by atoms with Crippen molar-refractivity contribution >= 4 is 40.7 Å². The molecule has 0 bridgehead atoms. The quantitative estimate of drug-likeness (QED) is 0.430. The van der Waals surface area contributed by atoms with Crippen LogP contribution < -0.4 is 9.84 Å². The number of ketones is 1. The van der Waals surface area contributed by atoms with Crippen LogP contribution in [0.2, 0.25) is 0 Å². The van der Waals surface area contributed by atoms with Crippen LogP contribution in [0.3, 0.4) is 0 Å². The summed E-state index contributed by atoms with van der Waals surface area (Å²) in [5.74, 6) is -0.877. The van der Waals surface area contributed by atoms with Crippen molar-refractivity contribution in [3.05, 3.63) is 59.2 Å². The first-order valence-corrected chi connectivity index (χ1v) is 15.1. The van der Waals surface area contributed by atoms with Crippen molar-refractivity contribution in [1.29, 1.82) is 0 Å². The molecule has 36 heavy (non-hydrogen) atoms. The fourth-order valence-corrected chi connectivity index (χ4v) is 6.65. The van der Waals surface area contributed by atoms with Crippen LogP contribution in [-0.4, -0.2) is 38.9 Å². The molecule has 0 spiro atoms. The molecule has 1 heterocycles. The van der Waals surface area contributed by atoms with Crippen LogP contribution in [0.25, 0.3) is 5.76 Å². The van der Waals surface area contributed by atoms with Crippen molar-refractivity contribution in [2.24, 2.45) is 4.40 Å². The second-order valence-corrected chi connectivity index (χ2v) is 12.6. The number of hydrogen-bond donors (Lipinski definition) is 2. The molecule has 0 aromatic heterocycles. The van der Waals surface area contributed by atoms with Crippen LogP contribution in [0.15, 0.2) is 57.3 Å². The summed E-state index contributed by atoms with van der Waals surface area (Å²) >= 11 is 0. The molecule has 0 saturated carbocycles. The molecule has 0 radical (unpaired) electrons. The number of nitrogens with zero attached hydrogens (tertiary/aromatic N) is 1. The number of fused-ring (bicyclic) bond motifs is 2. The SMILES string of the molecule is CCCC1(CCC)C(=O)C(C2=NS(=O)(=O)c3cc(OP(C)(=O)OC)ccc3N2)=C(O)c2ccccc21. The predicted octanol–water partition coefficient (Wildman–Crippen LogP) is 5.44. The highest BCUT2D eigenvalue weighted by molar-refractivity contribution is 7.90. The molecule has 2 N–H and O–H groups in total. The molecule has 4 rings (SSSR count). The van der Waals surface area contributed by atoms with Gasteiger partial charge in [-0.15, -0.1) is 4.40 Å². The number of amidine groups is 1. The van der Waals surface area contributed by atoms with E-state index in [1.54, 1.807) is 12.1 Å². The number of benzene rings is 2. The molecule has 2 aliphatic rings. The normalized spacial score (nSPS) is 19.4. The van der Waals surface area contributed by atoms with Gasteiger partial charge >= 0.3 is 7.60 Å². The number of hydrogen-bond acceptors (Lipinski definition) is 8. The van der Waals surface area contributed by atoms with E-state index < -0.39 is 23.0 Å². The highest BCUT2D eigenvalue weighted by Crippen LogP contribution is 2.47. The Kier molecular flexibility index (Phi) is 6.90. The van der Waals surface area contributed by atoms with Gasteiger partial charge in [0.25, 0.3) is 10.0 Å². The number of rotatable bonds is 8. The summed E-state index contributed by atoms with van der Waals surface area (Å²) < 4.78 is 52.5. The molecule has 1 atom stereocenters. The number of aliphatic hydroxyl groups is 1. The Labute approximate surface area is 210 Å². The van der Waals surface area contributed by atoms with Crippen LogP contribution in [0.5, 0.6) is 5.75 Å². The van der Waals surface area contributed by atoms with Gasteiger partial charge in [0.2, 0.25) is 0 Å². The molecule has 2 aromatic rings. The first-order chi connectivity index (χ1) is 17.0. The first-order valence-electron chi connectivity index (χ1n) is 11.7. The van der Waals surface area contributed by atoms with E-state index in [-0.39, 0.29) is 39.3 Å². The van der Waals surface area contributed by atoms with Crippen LogP contribution in [0.4, 0.5) is 5.69 Å². The van der Waals surface area contributed by atoms with Crippen molar-refractivity contribution in [3.63, 3.8) is 0 Å². The van der Waals surface area contributed by atoms with E-state index in [0.717, 1.165) is 18.4 Å². The molecule has 192 valence electrons. The van der Waals surface area contributed by atoms with E-state index in [9.17, 15) is 22.9 Å². The van der Waals surface area contributed by atoms with Gasteiger partial charge in [-0.05, 0) is 30.5 Å². The van der Waals surface area contributed by atoms with E-state index >= 15 is 0 Å². The molecule has 9 nitrogen and oxygen atoms in total. The van der Waals surface area contributed by atoms with Gasteiger partial charge in [0.05, 0.1) is 11.1 Å². The van der Waals surface area contributed by atoms with Crippen molar-refractivity contribution in [1.82, 2.24) is 0 Å². The summed E-state index contributed by atoms with van der Waals surface area (Å²) in [6, 6.07) is 11.2. The van der Waals surface area contributed by atoms with Gasteiger partial charge in [0.1, 0.15) is 22.0 Å². The van der Waals surface area contributed by atoms with Crippen LogP contribution in [0, 0.1) is 0 Å². The van der Waals surface area contributed by atoms with E-state index in [2.05, 4.69) is 9.71 Å². The van der Waals surface area contributed by atoms with Crippen molar-refractivity contribution in [2.45, 2.75) is 49.8 Å². The Bertz CT molecular complexity index is 1440. The number of anilines is 1. The van der Waals surface area contributed by atoms with Crippen molar-refractivity contribution < 1.29 is 31.9 Å². The smallest absolute Gasteiger partial charge is 0.375 e. The lowest BCUT2D eigenvalue weighted by Crippen LogP contribution is -2.44. The van der Waals surface area contributed by atoms with Gasteiger partial charge in [0, 0.05) is 25.4 Å². The summed E-state index contributed by atoms with van der Waals surface area (Å²) in [5.41, 5.74) is 0.324. The Balaban J connectivity index is 1.86. The predicted molar refractivity (Wildman–Crippen MR) is 138 cm³/mol. The largest absolute Gasteiger partial charge is 0.506 e. The highest BCUT2D eigenvalue weighted by Gasteiger charge is 2.48. The summed E-state index contributed by atoms with van der Waals surface area (Å²) in [7, 11) is -6.49. The third-order valence-corrected chi connectivity index (χ3v) is 9.01. The third-order valence-electron chi connectivity index (χ3n) is 6.49. The molecule has 1 aliphatic carbocycles. The number of sulfonamides is 1. The van der Waals surface area contributed by atoms with Gasteiger partial charge in [-0.25, -0.2) is 4.57 Å². The second kappa shape index (κ2) is 9.50. The Morgan fingerprint density at radius 1 is 1.11 bits per heavy atom. The molecule has 0 amide bonds. The lowest BCUT2D eigenvalue weighted by molar-refractivity contribution is -0.121. The zero-order valence-corrected chi connectivity index (χ0v) is 22.3. The topological polar surface area (TPSA) is 131 Å². The molecule has 1 aliphatic heterocycles. The minimum atomic E-state index is -4.29. The summed E-state index contributed by atoms with van der Waals surface area (Å²) in [4.78, 5) is 13.9. The van der Waals surface area contributed by atoms with E-state index in [1.165, 1.54) is 32.0 Å². The zero-order chi connectivity index (χ0) is 26.3. The van der Waals surface area contributed by atoms with Crippen LogP contribution in [-0.2, 0) is 29.3 Å². The zero-order valence-electron chi connectivity index (χ0n) is 20.6. The van der Waals surface area contributed by atoms with E-state index in [1.807, 2.05) is 26.0 Å². The first kappa shape index (κ1) is 26.1. The Morgan fingerprint density at radius 3 is 2.42 bits per heavy atom. The lowest BCUT2D eigenvalue weighted by Gasteiger charge is -2.39. The van der Waals surface area contributed by atoms with Crippen molar-refractivity contribution in [3.8, 4) is 5.75 Å². The minimum absolute atomic E-state index is 0.0279. The minimum Gasteiger partial charge on any atom is -0.506 e. The number of Topliss-reactive ketones (excluding diaryl/α,β-unsaturated/α-hetero) is 1.